The number of hydrogen-bond donors (Lipinski definition) is 2. The van der Waals surface area contributed by atoms with E-state index in [0.29, 0.717) is 0 Å². The summed E-state index contributed by atoms with van der Waals surface area (Å²) >= 11 is 0. The van der Waals surface area contributed by atoms with Crippen LogP contribution in [0.25, 0.3) is 0 Å². The highest BCUT2D eigenvalue weighted by atomic mass is 32.2. The predicted molar refractivity (Wildman–Crippen MR) is 143 cm³/mol. The molecule has 3 aromatic rings. The van der Waals surface area contributed by atoms with Gasteiger partial charge in [-0.2, -0.15) is 18.2 Å². The number of hydrogen-bond acceptors (Lipinski definition) is 9. The van der Waals surface area contributed by atoms with E-state index in [4.69, 9.17) is 4.18 Å². The van der Waals surface area contributed by atoms with E-state index < -0.39 is 53.5 Å². The Morgan fingerprint density at radius 2 is 1.64 bits per heavy atom. The largest absolute Gasteiger partial charge is 0.378 e. The molecule has 0 radical (unpaired) electrons. The van der Waals surface area contributed by atoms with Crippen LogP contribution in [0.15, 0.2) is 87.7 Å². The summed E-state index contributed by atoms with van der Waals surface area (Å²) in [6, 6.07) is 15.3. The van der Waals surface area contributed by atoms with E-state index in [1.54, 1.807) is 32.0 Å². The van der Waals surface area contributed by atoms with Gasteiger partial charge in [-0.15, -0.1) is 0 Å². The van der Waals surface area contributed by atoms with E-state index >= 15 is 0 Å². The number of para-hydroxylation sites is 1. The second kappa shape index (κ2) is 12.1. The number of benzene rings is 3. The highest BCUT2D eigenvalue weighted by Crippen LogP contribution is 2.24. The Morgan fingerprint density at radius 3 is 2.28 bits per heavy atom. The van der Waals surface area contributed by atoms with Crippen molar-refractivity contribution in [1.82, 2.24) is 10.1 Å². The molecule has 0 bridgehead atoms. The number of nitro benzene ring substituents is 1. The maximum atomic E-state index is 12.8. The zero-order valence-corrected chi connectivity index (χ0v) is 22.8. The van der Waals surface area contributed by atoms with Gasteiger partial charge in [-0.05, 0) is 43.2 Å². The highest BCUT2D eigenvalue weighted by Gasteiger charge is 2.28. The SMILES string of the molecule is Cc1ccc(S(=O)(=O)N[C@H](C(=O)N/N=C\c2ccccc2OS(=O)(=O)c2cccc([N+](=O)[O-])c2)C(C)C)cc1. The van der Waals surface area contributed by atoms with Crippen molar-refractivity contribution in [1.29, 1.82) is 0 Å². The number of amides is 1. The van der Waals surface area contributed by atoms with Gasteiger partial charge in [0, 0.05) is 17.7 Å². The third-order valence-corrected chi connectivity index (χ3v) is 8.06. The Bertz CT molecular complexity index is 1600. The molecule has 2 N–H and O–H groups in total. The minimum atomic E-state index is -4.44. The topological polar surface area (TPSA) is 174 Å². The zero-order chi connectivity index (χ0) is 28.8. The van der Waals surface area contributed by atoms with Crippen LogP contribution < -0.4 is 14.3 Å². The van der Waals surface area contributed by atoms with Crippen LogP contribution >= 0.6 is 0 Å². The average molecular weight is 575 g/mol. The van der Waals surface area contributed by atoms with Crippen molar-refractivity contribution in [3.63, 3.8) is 0 Å². The number of nitro groups is 1. The first kappa shape index (κ1) is 29.4. The monoisotopic (exact) mass is 574 g/mol. The van der Waals surface area contributed by atoms with E-state index in [0.717, 1.165) is 30.0 Å². The molecule has 0 aromatic heterocycles. The quantitative estimate of drug-likeness (QED) is 0.152. The van der Waals surface area contributed by atoms with Gasteiger partial charge in [0.2, 0.25) is 10.0 Å². The number of aryl methyl sites for hydroxylation is 1. The van der Waals surface area contributed by atoms with Crippen molar-refractivity contribution < 1.29 is 30.7 Å². The van der Waals surface area contributed by atoms with E-state index in [1.807, 2.05) is 6.92 Å². The fourth-order valence-corrected chi connectivity index (χ4v) is 5.60. The van der Waals surface area contributed by atoms with Crippen LogP contribution in [0, 0.1) is 23.0 Å². The molecule has 0 spiro atoms. The van der Waals surface area contributed by atoms with Crippen LogP contribution in [0.3, 0.4) is 0 Å². The third kappa shape index (κ3) is 7.69. The molecule has 3 aromatic carbocycles. The van der Waals surface area contributed by atoms with Crippen LogP contribution in [-0.2, 0) is 24.9 Å². The number of rotatable bonds is 11. The number of nitrogens with one attached hydrogen (secondary N) is 2. The van der Waals surface area contributed by atoms with Gasteiger partial charge in [-0.1, -0.05) is 49.7 Å². The van der Waals surface area contributed by atoms with E-state index in [2.05, 4.69) is 15.2 Å². The molecule has 12 nitrogen and oxygen atoms in total. The maximum absolute atomic E-state index is 12.8. The van der Waals surface area contributed by atoms with Gasteiger partial charge in [0.1, 0.15) is 10.9 Å². The first-order valence-corrected chi connectivity index (χ1v) is 14.4. The molecule has 0 unspecified atom stereocenters. The van der Waals surface area contributed by atoms with Crippen molar-refractivity contribution in [2.45, 2.75) is 36.6 Å². The summed E-state index contributed by atoms with van der Waals surface area (Å²) in [6.45, 7) is 5.14. The second-order valence-electron chi connectivity index (χ2n) is 8.72. The van der Waals surface area contributed by atoms with Crippen molar-refractivity contribution >= 4 is 38.0 Å². The second-order valence-corrected chi connectivity index (χ2v) is 12.0. The highest BCUT2D eigenvalue weighted by molar-refractivity contribution is 7.89. The first-order chi connectivity index (χ1) is 18.3. The lowest BCUT2D eigenvalue weighted by Gasteiger charge is -2.20. The average Bonchev–Trinajstić information content (AvgIpc) is 2.88. The molecule has 1 amide bonds. The van der Waals surface area contributed by atoms with Crippen LogP contribution in [0.1, 0.15) is 25.0 Å². The first-order valence-electron chi connectivity index (χ1n) is 11.5. The standard InChI is InChI=1S/C25H26N4O8S2/c1-17(2)24(28-38(33,34)21-13-11-18(3)12-14-21)25(30)27-26-16-19-7-4-5-10-23(19)37-39(35,36)22-9-6-8-20(15-22)29(31)32/h4-17,24,28H,1-3H3,(H,27,30)/b26-16-/t24-/m0/s1. The Hall–Kier alpha value is -4.14. The lowest BCUT2D eigenvalue weighted by atomic mass is 10.1. The molecule has 14 heteroatoms. The number of nitrogens with zero attached hydrogens (tertiary/aromatic N) is 2. The van der Waals surface area contributed by atoms with Gasteiger partial charge in [-0.25, -0.2) is 13.8 Å². The van der Waals surface area contributed by atoms with Gasteiger partial charge in [0.15, 0.2) is 5.75 Å². The molecule has 0 fully saturated rings. The van der Waals surface area contributed by atoms with Crippen molar-refractivity contribution in [3.8, 4) is 5.75 Å². The lowest BCUT2D eigenvalue weighted by molar-refractivity contribution is -0.385. The molecule has 0 aliphatic rings. The van der Waals surface area contributed by atoms with E-state index in [1.165, 1.54) is 36.4 Å². The summed E-state index contributed by atoms with van der Waals surface area (Å²) in [5.74, 6) is -1.32. The normalized spacial score (nSPS) is 12.8. The summed E-state index contributed by atoms with van der Waals surface area (Å²) in [5.41, 5.74) is 2.88. The summed E-state index contributed by atoms with van der Waals surface area (Å²) in [4.78, 5) is 22.6. The maximum Gasteiger partial charge on any atom is 0.339 e. The number of carbonyl (C=O) groups is 1. The molecule has 1 atom stereocenters. The molecule has 3 rings (SSSR count). The van der Waals surface area contributed by atoms with Crippen LogP contribution in [0.2, 0.25) is 0 Å². The Labute approximate surface area is 226 Å². The molecule has 0 saturated heterocycles. The smallest absolute Gasteiger partial charge is 0.339 e. The van der Waals surface area contributed by atoms with Gasteiger partial charge in [0.05, 0.1) is 16.0 Å². The zero-order valence-electron chi connectivity index (χ0n) is 21.1. The number of hydrazone groups is 1. The molecule has 0 saturated carbocycles. The van der Waals surface area contributed by atoms with E-state index in [-0.39, 0.29) is 16.2 Å². The molecule has 0 heterocycles. The van der Waals surface area contributed by atoms with Crippen LogP contribution in [0.4, 0.5) is 5.69 Å². The molecule has 0 aliphatic heterocycles. The molecule has 0 aliphatic carbocycles. The fraction of sp³-hybridized carbons (Fsp3) is 0.200. The minimum Gasteiger partial charge on any atom is -0.378 e. The van der Waals surface area contributed by atoms with Gasteiger partial charge >= 0.3 is 10.1 Å². The Kier molecular flexibility index (Phi) is 9.16. The fourth-order valence-electron chi connectivity index (χ4n) is 3.26. The predicted octanol–water partition coefficient (Wildman–Crippen LogP) is 3.12. The summed E-state index contributed by atoms with van der Waals surface area (Å²) in [7, 11) is -8.43. The molecule has 39 heavy (non-hydrogen) atoms. The third-order valence-electron chi connectivity index (χ3n) is 5.38. The Morgan fingerprint density at radius 1 is 0.974 bits per heavy atom. The summed E-state index contributed by atoms with van der Waals surface area (Å²) < 4.78 is 58.5. The summed E-state index contributed by atoms with van der Waals surface area (Å²) in [5, 5.41) is 14.8. The minimum absolute atomic E-state index is 0.00563. The Balaban J connectivity index is 1.76. The van der Waals surface area contributed by atoms with Gasteiger partial charge in [-0.3, -0.25) is 14.9 Å². The van der Waals surface area contributed by atoms with E-state index in [9.17, 15) is 31.7 Å². The number of sulfonamides is 1. The number of non-ortho nitro benzene ring substituents is 1. The molecular formula is C25H26N4O8S2. The lowest BCUT2D eigenvalue weighted by Crippen LogP contribution is -2.48. The number of carbonyl (C=O) groups excluding carboxylic acids is 1. The van der Waals surface area contributed by atoms with Gasteiger partial charge < -0.3 is 4.18 Å². The van der Waals surface area contributed by atoms with Crippen molar-refractivity contribution in [3.05, 3.63) is 94.0 Å². The van der Waals surface area contributed by atoms with Crippen LogP contribution in [-0.4, -0.2) is 39.9 Å². The van der Waals surface area contributed by atoms with Crippen molar-refractivity contribution in [2.75, 3.05) is 0 Å². The van der Waals surface area contributed by atoms with Crippen LogP contribution in [0.5, 0.6) is 5.75 Å². The van der Waals surface area contributed by atoms with Crippen molar-refractivity contribution in [2.24, 2.45) is 11.0 Å². The summed E-state index contributed by atoms with van der Waals surface area (Å²) in [6.07, 6.45) is 1.13. The van der Waals surface area contributed by atoms with Gasteiger partial charge in [0.25, 0.3) is 11.6 Å². The molecule has 206 valence electrons. The molecular weight excluding hydrogens is 548 g/mol.